The van der Waals surface area contributed by atoms with Crippen LogP contribution >= 0.6 is 0 Å². The molecular formula is C13H16O4. The van der Waals surface area contributed by atoms with Crippen molar-refractivity contribution >= 4 is 5.97 Å². The summed E-state index contributed by atoms with van der Waals surface area (Å²) < 4.78 is 5.07. The normalized spacial score (nSPS) is 9.82. The number of phenolic OH excluding ortho intramolecular Hbond substituents is 1. The molecule has 0 aliphatic rings. The maximum absolute atomic E-state index is 10.9. The highest BCUT2D eigenvalue weighted by Crippen LogP contribution is 2.32. The molecule has 0 aromatic heterocycles. The minimum absolute atomic E-state index is 0.0560. The molecular weight excluding hydrogens is 220 g/mol. The minimum Gasteiger partial charge on any atom is -0.504 e. The van der Waals surface area contributed by atoms with Gasteiger partial charge in [0.05, 0.1) is 12.7 Å². The molecule has 1 rings (SSSR count). The van der Waals surface area contributed by atoms with E-state index in [9.17, 15) is 9.90 Å². The van der Waals surface area contributed by atoms with E-state index in [1.54, 1.807) is 0 Å². The number of carbonyl (C=O) groups is 1. The number of phenols is 1. The monoisotopic (exact) mass is 236 g/mol. The summed E-state index contributed by atoms with van der Waals surface area (Å²) >= 11 is 0. The van der Waals surface area contributed by atoms with Crippen LogP contribution in [0, 0.1) is 0 Å². The number of ether oxygens (including phenoxy) is 1. The van der Waals surface area contributed by atoms with Gasteiger partial charge in [-0.15, -0.1) is 0 Å². The minimum atomic E-state index is -1.07. The van der Waals surface area contributed by atoms with Gasteiger partial charge in [-0.3, -0.25) is 0 Å². The summed E-state index contributed by atoms with van der Waals surface area (Å²) in [5.41, 5.74) is 1.83. The number of carboxylic acids is 1. The summed E-state index contributed by atoms with van der Waals surface area (Å²) in [7, 11) is 1.45. The average molecular weight is 236 g/mol. The first-order chi connectivity index (χ1) is 7.95. The van der Waals surface area contributed by atoms with E-state index in [-0.39, 0.29) is 11.3 Å². The van der Waals surface area contributed by atoms with Crippen LogP contribution in [0.2, 0.25) is 0 Å². The Bertz CT molecular complexity index is 457. The first-order valence-electron chi connectivity index (χ1n) is 5.22. The smallest absolute Gasteiger partial charge is 0.335 e. The fourth-order valence-electron chi connectivity index (χ4n) is 1.50. The third-order valence-corrected chi connectivity index (χ3v) is 2.33. The Morgan fingerprint density at radius 2 is 2.06 bits per heavy atom. The van der Waals surface area contributed by atoms with E-state index in [4.69, 9.17) is 9.84 Å². The summed E-state index contributed by atoms with van der Waals surface area (Å²) in [4.78, 5) is 10.9. The number of carboxylic acid groups (broad SMARTS) is 1. The number of hydrogen-bond acceptors (Lipinski definition) is 3. The molecule has 0 aliphatic heterocycles. The molecule has 17 heavy (non-hydrogen) atoms. The lowest BCUT2D eigenvalue weighted by atomic mass is 10.0. The second-order valence-electron chi connectivity index (χ2n) is 3.98. The van der Waals surface area contributed by atoms with E-state index >= 15 is 0 Å². The summed E-state index contributed by atoms with van der Waals surface area (Å²) in [5.74, 6) is -0.890. The quantitative estimate of drug-likeness (QED) is 0.788. The van der Waals surface area contributed by atoms with Crippen molar-refractivity contribution < 1.29 is 19.7 Å². The molecule has 0 aliphatic carbocycles. The van der Waals surface area contributed by atoms with E-state index in [0.29, 0.717) is 17.7 Å². The number of hydrogen-bond donors (Lipinski definition) is 2. The van der Waals surface area contributed by atoms with Crippen LogP contribution in [-0.2, 0) is 6.42 Å². The van der Waals surface area contributed by atoms with Crippen molar-refractivity contribution in [3.05, 3.63) is 34.9 Å². The van der Waals surface area contributed by atoms with Crippen LogP contribution < -0.4 is 4.74 Å². The van der Waals surface area contributed by atoms with Crippen LogP contribution in [0.3, 0.4) is 0 Å². The lowest BCUT2D eigenvalue weighted by Crippen LogP contribution is -2.00. The highest BCUT2D eigenvalue weighted by Gasteiger charge is 2.13. The number of rotatable bonds is 4. The number of allylic oxidation sites excluding steroid dienone is 2. The van der Waals surface area contributed by atoms with Crippen molar-refractivity contribution in [2.24, 2.45) is 0 Å². The molecule has 4 nitrogen and oxygen atoms in total. The van der Waals surface area contributed by atoms with Gasteiger partial charge in [-0.2, -0.15) is 0 Å². The van der Waals surface area contributed by atoms with Gasteiger partial charge in [0, 0.05) is 5.56 Å². The van der Waals surface area contributed by atoms with Gasteiger partial charge < -0.3 is 14.9 Å². The molecule has 0 saturated heterocycles. The summed E-state index contributed by atoms with van der Waals surface area (Å²) in [5, 5.41) is 18.6. The van der Waals surface area contributed by atoms with Gasteiger partial charge in [-0.25, -0.2) is 4.79 Å². The molecule has 1 aromatic carbocycles. The number of benzene rings is 1. The van der Waals surface area contributed by atoms with Crippen LogP contribution in [-0.4, -0.2) is 23.3 Å². The third-order valence-electron chi connectivity index (χ3n) is 2.33. The highest BCUT2D eigenvalue weighted by atomic mass is 16.5. The van der Waals surface area contributed by atoms with E-state index in [1.807, 2.05) is 19.9 Å². The van der Waals surface area contributed by atoms with Crippen molar-refractivity contribution in [1.29, 1.82) is 0 Å². The third kappa shape index (κ3) is 3.24. The molecule has 0 saturated carbocycles. The van der Waals surface area contributed by atoms with E-state index < -0.39 is 5.97 Å². The van der Waals surface area contributed by atoms with E-state index in [1.165, 1.54) is 19.2 Å². The fourth-order valence-corrected chi connectivity index (χ4v) is 1.50. The Morgan fingerprint density at radius 1 is 1.41 bits per heavy atom. The van der Waals surface area contributed by atoms with Crippen molar-refractivity contribution in [3.63, 3.8) is 0 Å². The molecule has 0 amide bonds. The van der Waals surface area contributed by atoms with Crippen molar-refractivity contribution in [1.82, 2.24) is 0 Å². The van der Waals surface area contributed by atoms with Gasteiger partial charge in [0.25, 0.3) is 0 Å². The lowest BCUT2D eigenvalue weighted by molar-refractivity contribution is 0.0696. The molecule has 0 heterocycles. The highest BCUT2D eigenvalue weighted by molar-refractivity contribution is 5.89. The predicted octanol–water partition coefficient (Wildman–Crippen LogP) is 2.61. The number of aromatic carboxylic acids is 1. The lowest BCUT2D eigenvalue weighted by Gasteiger charge is -2.10. The van der Waals surface area contributed by atoms with E-state index in [2.05, 4.69) is 0 Å². The first kappa shape index (κ1) is 13.1. The van der Waals surface area contributed by atoms with Gasteiger partial charge in [0.1, 0.15) is 0 Å². The average Bonchev–Trinajstić information content (AvgIpc) is 2.25. The standard InChI is InChI=1S/C13H16O4/c1-8(2)4-5-9-6-10(13(15)16)7-11(14)12(9)17-3/h4,6-7,14H,5H2,1-3H3,(H,15,16). The molecule has 1 aromatic rings. The molecule has 4 heteroatoms. The predicted molar refractivity (Wildman–Crippen MR) is 64.8 cm³/mol. The second kappa shape index (κ2) is 5.39. The largest absolute Gasteiger partial charge is 0.504 e. The molecule has 92 valence electrons. The Kier molecular flexibility index (Phi) is 4.15. The zero-order valence-corrected chi connectivity index (χ0v) is 10.2. The van der Waals surface area contributed by atoms with Gasteiger partial charge in [0.15, 0.2) is 11.5 Å². The van der Waals surface area contributed by atoms with E-state index in [0.717, 1.165) is 5.57 Å². The Morgan fingerprint density at radius 3 is 2.53 bits per heavy atom. The van der Waals surface area contributed by atoms with Crippen LogP contribution in [0.1, 0.15) is 29.8 Å². The van der Waals surface area contributed by atoms with Crippen molar-refractivity contribution in [2.45, 2.75) is 20.3 Å². The Hall–Kier alpha value is -1.97. The maximum Gasteiger partial charge on any atom is 0.335 e. The first-order valence-corrected chi connectivity index (χ1v) is 5.22. The maximum atomic E-state index is 10.9. The second-order valence-corrected chi connectivity index (χ2v) is 3.98. The Balaban J connectivity index is 3.23. The van der Waals surface area contributed by atoms with Crippen LogP contribution in [0.5, 0.6) is 11.5 Å². The Labute approximate surface area is 100 Å². The molecule has 0 bridgehead atoms. The van der Waals surface area contributed by atoms with Crippen LogP contribution in [0.25, 0.3) is 0 Å². The zero-order chi connectivity index (χ0) is 13.0. The van der Waals surface area contributed by atoms with Gasteiger partial charge in [-0.1, -0.05) is 11.6 Å². The number of methoxy groups -OCH3 is 1. The zero-order valence-electron chi connectivity index (χ0n) is 10.2. The van der Waals surface area contributed by atoms with Gasteiger partial charge in [0.2, 0.25) is 0 Å². The molecule has 0 fully saturated rings. The van der Waals surface area contributed by atoms with Gasteiger partial charge >= 0.3 is 5.97 Å². The summed E-state index contributed by atoms with van der Waals surface area (Å²) in [6, 6.07) is 2.70. The summed E-state index contributed by atoms with van der Waals surface area (Å²) in [6.07, 6.45) is 2.48. The van der Waals surface area contributed by atoms with Gasteiger partial charge in [-0.05, 0) is 32.4 Å². The van der Waals surface area contributed by atoms with Crippen LogP contribution in [0.15, 0.2) is 23.8 Å². The van der Waals surface area contributed by atoms with Crippen LogP contribution in [0.4, 0.5) is 0 Å². The molecule has 0 radical (unpaired) electrons. The number of aromatic hydroxyl groups is 1. The van der Waals surface area contributed by atoms with Crippen molar-refractivity contribution in [2.75, 3.05) is 7.11 Å². The molecule has 0 spiro atoms. The SMILES string of the molecule is COc1c(O)cc(C(=O)O)cc1CC=C(C)C. The summed E-state index contributed by atoms with van der Waals surface area (Å²) in [6.45, 7) is 3.90. The van der Waals surface area contributed by atoms with Crippen molar-refractivity contribution in [3.8, 4) is 11.5 Å². The molecule has 0 atom stereocenters. The molecule has 0 unspecified atom stereocenters. The fraction of sp³-hybridized carbons (Fsp3) is 0.308. The topological polar surface area (TPSA) is 66.8 Å². The molecule has 2 N–H and O–H groups in total.